The summed E-state index contributed by atoms with van der Waals surface area (Å²) in [4.78, 5) is 34.7. The molecular weight excluding hydrogens is 328 g/mol. The van der Waals surface area contributed by atoms with Crippen molar-refractivity contribution >= 4 is 41.2 Å². The summed E-state index contributed by atoms with van der Waals surface area (Å²) in [6.45, 7) is 0. The molecule has 0 spiro atoms. The Labute approximate surface area is 137 Å². The number of carbonyl (C=O) groups excluding carboxylic acids is 3. The Hall–Kier alpha value is -1.93. The summed E-state index contributed by atoms with van der Waals surface area (Å²) in [5.74, 6) is -0.414. The van der Waals surface area contributed by atoms with Gasteiger partial charge in [-0.25, -0.2) is 4.79 Å². The summed E-state index contributed by atoms with van der Waals surface area (Å²) in [5, 5.41) is 2.74. The number of hydrogen-bond acceptors (Lipinski definition) is 4. The first-order valence-electron chi connectivity index (χ1n) is 6.34. The minimum absolute atomic E-state index is 0.302. The number of nitrogens with two attached hydrogens (primary N) is 1. The van der Waals surface area contributed by atoms with Crippen molar-refractivity contribution in [2.75, 3.05) is 12.0 Å². The molecule has 0 bridgehead atoms. The van der Waals surface area contributed by atoms with E-state index in [1.165, 1.54) is 17.8 Å². The molecule has 7 nitrogen and oxygen atoms in total. The molecular formula is C13H17ClN4O3S. The Morgan fingerprint density at radius 1 is 1.32 bits per heavy atom. The molecule has 1 rings (SSSR count). The standard InChI is InChI=1S/C13H17ClN4O3S/c1-22-6-5-10(16-13(15)21)12(20)18-17-11(19)8-3-2-4-9(14)7-8/h2-4,7,10H,5-6H2,1H3,(H,17,19)(H,18,20)(H3,15,16,21). The second-order valence-electron chi connectivity index (χ2n) is 4.30. The van der Waals surface area contributed by atoms with Crippen molar-refractivity contribution < 1.29 is 14.4 Å². The van der Waals surface area contributed by atoms with Gasteiger partial charge in [0, 0.05) is 10.6 Å². The quantitative estimate of drug-likeness (QED) is 0.574. The third-order valence-electron chi connectivity index (χ3n) is 2.63. The highest BCUT2D eigenvalue weighted by atomic mass is 35.5. The molecule has 5 N–H and O–H groups in total. The van der Waals surface area contributed by atoms with Crippen LogP contribution in [0.4, 0.5) is 4.79 Å². The average Bonchev–Trinajstić information content (AvgIpc) is 2.48. The van der Waals surface area contributed by atoms with Crippen LogP contribution in [0, 0.1) is 0 Å². The number of urea groups is 1. The predicted octanol–water partition coefficient (Wildman–Crippen LogP) is 0.891. The van der Waals surface area contributed by atoms with Gasteiger partial charge in [-0.3, -0.25) is 20.4 Å². The van der Waals surface area contributed by atoms with Gasteiger partial charge in [-0.2, -0.15) is 11.8 Å². The van der Waals surface area contributed by atoms with Crippen LogP contribution in [0.5, 0.6) is 0 Å². The summed E-state index contributed by atoms with van der Waals surface area (Å²) in [5.41, 5.74) is 9.84. The molecule has 1 unspecified atom stereocenters. The Kier molecular flexibility index (Phi) is 7.55. The topological polar surface area (TPSA) is 113 Å². The van der Waals surface area contributed by atoms with Gasteiger partial charge in [0.25, 0.3) is 11.8 Å². The third kappa shape index (κ3) is 6.23. The zero-order valence-corrected chi connectivity index (χ0v) is 13.5. The molecule has 1 aromatic carbocycles. The molecule has 0 heterocycles. The van der Waals surface area contributed by atoms with Crippen molar-refractivity contribution in [2.24, 2.45) is 5.73 Å². The van der Waals surface area contributed by atoms with Crippen molar-refractivity contribution in [3.8, 4) is 0 Å². The Morgan fingerprint density at radius 2 is 2.05 bits per heavy atom. The van der Waals surface area contributed by atoms with Crippen LogP contribution in [-0.4, -0.2) is 35.9 Å². The number of thioether (sulfide) groups is 1. The zero-order valence-electron chi connectivity index (χ0n) is 11.9. The van der Waals surface area contributed by atoms with Gasteiger partial charge in [0.1, 0.15) is 6.04 Å². The normalized spacial score (nSPS) is 11.4. The minimum atomic E-state index is -0.815. The maximum absolute atomic E-state index is 12.0. The first-order valence-corrected chi connectivity index (χ1v) is 8.12. The molecule has 0 aliphatic rings. The highest BCUT2D eigenvalue weighted by Gasteiger charge is 2.20. The lowest BCUT2D eigenvalue weighted by Crippen LogP contribution is -2.53. The van der Waals surface area contributed by atoms with Crippen LogP contribution in [0.15, 0.2) is 24.3 Å². The van der Waals surface area contributed by atoms with Crippen molar-refractivity contribution in [1.82, 2.24) is 16.2 Å². The van der Waals surface area contributed by atoms with Gasteiger partial charge in [-0.15, -0.1) is 0 Å². The SMILES string of the molecule is CSCCC(NC(N)=O)C(=O)NNC(=O)c1cccc(Cl)c1. The highest BCUT2D eigenvalue weighted by Crippen LogP contribution is 2.10. The van der Waals surface area contributed by atoms with Crippen molar-refractivity contribution in [2.45, 2.75) is 12.5 Å². The van der Waals surface area contributed by atoms with E-state index in [1.54, 1.807) is 18.2 Å². The lowest BCUT2D eigenvalue weighted by molar-refractivity contribution is -0.123. The Balaban J connectivity index is 2.58. The van der Waals surface area contributed by atoms with Crippen LogP contribution < -0.4 is 21.9 Å². The fourth-order valence-corrected chi connectivity index (χ4v) is 2.25. The lowest BCUT2D eigenvalue weighted by Gasteiger charge is -2.17. The molecule has 0 aromatic heterocycles. The van der Waals surface area contributed by atoms with E-state index in [2.05, 4.69) is 16.2 Å². The van der Waals surface area contributed by atoms with Gasteiger partial charge in [0.05, 0.1) is 0 Å². The number of amides is 4. The minimum Gasteiger partial charge on any atom is -0.352 e. The first kappa shape index (κ1) is 18.1. The fraction of sp³-hybridized carbons (Fsp3) is 0.308. The number of benzene rings is 1. The second-order valence-corrected chi connectivity index (χ2v) is 5.72. The van der Waals surface area contributed by atoms with Gasteiger partial charge in [0.15, 0.2) is 0 Å². The van der Waals surface area contributed by atoms with E-state index >= 15 is 0 Å². The van der Waals surface area contributed by atoms with Crippen LogP contribution in [0.2, 0.25) is 5.02 Å². The molecule has 0 aliphatic heterocycles. The number of carbonyl (C=O) groups is 3. The molecule has 1 atom stereocenters. The second kappa shape index (κ2) is 9.16. The van der Waals surface area contributed by atoms with Gasteiger partial charge in [-0.05, 0) is 36.6 Å². The number of primary amides is 1. The summed E-state index contributed by atoms with van der Waals surface area (Å²) in [7, 11) is 0. The molecule has 22 heavy (non-hydrogen) atoms. The van der Waals surface area contributed by atoms with Crippen LogP contribution in [0.1, 0.15) is 16.8 Å². The fourth-order valence-electron chi connectivity index (χ4n) is 1.58. The van der Waals surface area contributed by atoms with Crippen LogP contribution in [-0.2, 0) is 4.79 Å². The summed E-state index contributed by atoms with van der Waals surface area (Å²) >= 11 is 7.31. The number of hydrogen-bond donors (Lipinski definition) is 4. The van der Waals surface area contributed by atoms with E-state index in [9.17, 15) is 14.4 Å². The van der Waals surface area contributed by atoms with E-state index in [4.69, 9.17) is 17.3 Å². The monoisotopic (exact) mass is 344 g/mol. The van der Waals surface area contributed by atoms with Crippen molar-refractivity contribution in [1.29, 1.82) is 0 Å². The van der Waals surface area contributed by atoms with E-state index in [0.717, 1.165) is 0 Å². The van der Waals surface area contributed by atoms with Gasteiger partial charge in [-0.1, -0.05) is 17.7 Å². The van der Waals surface area contributed by atoms with Gasteiger partial charge in [0.2, 0.25) is 0 Å². The lowest BCUT2D eigenvalue weighted by atomic mass is 10.2. The molecule has 1 aromatic rings. The molecule has 0 saturated heterocycles. The van der Waals surface area contributed by atoms with E-state index in [0.29, 0.717) is 22.8 Å². The molecule has 4 amide bonds. The Morgan fingerprint density at radius 3 is 2.64 bits per heavy atom. The van der Waals surface area contributed by atoms with E-state index in [-0.39, 0.29) is 0 Å². The molecule has 0 radical (unpaired) electrons. The van der Waals surface area contributed by atoms with Crippen LogP contribution >= 0.6 is 23.4 Å². The average molecular weight is 345 g/mol. The predicted molar refractivity (Wildman–Crippen MR) is 86.6 cm³/mol. The smallest absolute Gasteiger partial charge is 0.312 e. The highest BCUT2D eigenvalue weighted by molar-refractivity contribution is 7.98. The summed E-state index contributed by atoms with van der Waals surface area (Å²) < 4.78 is 0. The summed E-state index contributed by atoms with van der Waals surface area (Å²) in [6.07, 6.45) is 2.27. The maximum Gasteiger partial charge on any atom is 0.312 e. The van der Waals surface area contributed by atoms with Crippen molar-refractivity contribution in [3.63, 3.8) is 0 Å². The molecule has 0 saturated carbocycles. The van der Waals surface area contributed by atoms with Crippen LogP contribution in [0.3, 0.4) is 0 Å². The molecule has 120 valence electrons. The Bertz CT molecular complexity index is 556. The maximum atomic E-state index is 12.0. The van der Waals surface area contributed by atoms with Crippen LogP contribution in [0.25, 0.3) is 0 Å². The zero-order chi connectivity index (χ0) is 16.5. The van der Waals surface area contributed by atoms with Gasteiger partial charge < -0.3 is 11.1 Å². The number of rotatable bonds is 6. The molecule has 9 heteroatoms. The molecule has 0 aliphatic carbocycles. The van der Waals surface area contributed by atoms with E-state index < -0.39 is 23.9 Å². The number of hydrazine groups is 1. The largest absolute Gasteiger partial charge is 0.352 e. The third-order valence-corrected chi connectivity index (χ3v) is 3.51. The number of halogens is 1. The van der Waals surface area contributed by atoms with E-state index in [1.807, 2.05) is 6.26 Å². The molecule has 0 fully saturated rings. The summed E-state index contributed by atoms with van der Waals surface area (Å²) in [6, 6.07) is 4.66. The first-order chi connectivity index (χ1) is 10.4. The number of nitrogens with one attached hydrogen (secondary N) is 3. The van der Waals surface area contributed by atoms with Crippen molar-refractivity contribution in [3.05, 3.63) is 34.9 Å². The van der Waals surface area contributed by atoms with Gasteiger partial charge >= 0.3 is 6.03 Å².